The molecule has 1 aliphatic heterocycles. The molecule has 2 aromatic carbocycles. The Morgan fingerprint density at radius 1 is 0.939 bits per heavy atom. The van der Waals surface area contributed by atoms with Gasteiger partial charge in [-0.2, -0.15) is 0 Å². The quantitative estimate of drug-likeness (QED) is 0.541. The van der Waals surface area contributed by atoms with Crippen LogP contribution in [-0.2, 0) is 9.59 Å². The first-order valence-electron chi connectivity index (χ1n) is 11.1. The molecule has 3 N–H and O–H groups in total. The average Bonchev–Trinajstić information content (AvgIpc) is 3.61. The molecule has 1 atom stereocenters. The second-order valence-electron chi connectivity index (χ2n) is 8.44. The number of hydrogen-bond acceptors (Lipinski definition) is 4. The molecule has 0 radical (unpaired) electrons. The molecule has 9 heteroatoms. The number of para-hydroxylation sites is 1. The highest BCUT2D eigenvalue weighted by molar-refractivity contribution is 6.42. The van der Waals surface area contributed by atoms with E-state index in [0.29, 0.717) is 39.9 Å². The molecule has 1 aliphatic carbocycles. The Balaban J connectivity index is 1.39. The van der Waals surface area contributed by atoms with Crippen LogP contribution in [0.15, 0.2) is 42.5 Å². The smallest absolute Gasteiger partial charge is 0.253 e. The van der Waals surface area contributed by atoms with Crippen LogP contribution in [0, 0.1) is 0 Å². The molecule has 1 heterocycles. The number of hydrogen-bond donors (Lipinski definition) is 3. The Kier molecular flexibility index (Phi) is 7.53. The van der Waals surface area contributed by atoms with Crippen molar-refractivity contribution in [2.24, 2.45) is 0 Å². The highest BCUT2D eigenvalue weighted by Gasteiger charge is 2.30. The molecule has 2 aromatic rings. The van der Waals surface area contributed by atoms with Crippen molar-refractivity contribution in [2.45, 2.75) is 44.2 Å². The molecule has 2 aliphatic rings. The first-order valence-corrected chi connectivity index (χ1v) is 11.9. The van der Waals surface area contributed by atoms with Crippen LogP contribution in [-0.4, -0.2) is 47.8 Å². The number of benzene rings is 2. The summed E-state index contributed by atoms with van der Waals surface area (Å²) in [7, 11) is 0. The fourth-order valence-corrected chi connectivity index (χ4v) is 4.23. The minimum absolute atomic E-state index is 0.0536. The maximum absolute atomic E-state index is 13.0. The van der Waals surface area contributed by atoms with E-state index in [1.807, 2.05) is 4.90 Å². The van der Waals surface area contributed by atoms with Crippen LogP contribution in [0.5, 0.6) is 0 Å². The van der Waals surface area contributed by atoms with E-state index in [1.54, 1.807) is 42.5 Å². The number of rotatable bonds is 7. The van der Waals surface area contributed by atoms with Gasteiger partial charge in [-0.25, -0.2) is 0 Å². The van der Waals surface area contributed by atoms with Crippen LogP contribution < -0.4 is 16.0 Å². The first-order chi connectivity index (χ1) is 15.9. The molecule has 1 unspecified atom stereocenters. The summed E-state index contributed by atoms with van der Waals surface area (Å²) in [5.41, 5.74) is 1.46. The third-order valence-corrected chi connectivity index (χ3v) is 6.55. The molecule has 174 valence electrons. The zero-order chi connectivity index (χ0) is 23.4. The lowest BCUT2D eigenvalue weighted by Crippen LogP contribution is -2.49. The molecule has 3 amide bonds. The number of carbonyl (C=O) groups excluding carboxylic acids is 3. The molecule has 0 aromatic heterocycles. The summed E-state index contributed by atoms with van der Waals surface area (Å²) in [5, 5.41) is 9.44. The molecular formula is C24H26Cl2N4O3. The summed E-state index contributed by atoms with van der Waals surface area (Å²) >= 11 is 12.0. The van der Waals surface area contributed by atoms with Crippen molar-refractivity contribution in [3.63, 3.8) is 0 Å². The molecule has 1 saturated heterocycles. The van der Waals surface area contributed by atoms with E-state index in [9.17, 15) is 14.4 Å². The van der Waals surface area contributed by atoms with E-state index >= 15 is 0 Å². The average molecular weight is 489 g/mol. The van der Waals surface area contributed by atoms with Gasteiger partial charge in [0.1, 0.15) is 0 Å². The summed E-state index contributed by atoms with van der Waals surface area (Å²) < 4.78 is 0. The number of nitrogens with one attached hydrogen (secondary N) is 3. The van der Waals surface area contributed by atoms with Gasteiger partial charge in [-0.15, -0.1) is 0 Å². The molecular weight excluding hydrogens is 463 g/mol. The van der Waals surface area contributed by atoms with E-state index in [2.05, 4.69) is 16.0 Å². The van der Waals surface area contributed by atoms with E-state index in [0.717, 1.165) is 25.7 Å². The van der Waals surface area contributed by atoms with Crippen molar-refractivity contribution in [1.82, 2.24) is 10.2 Å². The first kappa shape index (κ1) is 23.5. The monoisotopic (exact) mass is 488 g/mol. The van der Waals surface area contributed by atoms with Crippen molar-refractivity contribution < 1.29 is 14.4 Å². The van der Waals surface area contributed by atoms with Gasteiger partial charge in [0.15, 0.2) is 0 Å². The van der Waals surface area contributed by atoms with Gasteiger partial charge in [0.2, 0.25) is 11.8 Å². The maximum Gasteiger partial charge on any atom is 0.253 e. The second kappa shape index (κ2) is 10.5. The summed E-state index contributed by atoms with van der Waals surface area (Å²) in [5.74, 6) is -0.647. The van der Waals surface area contributed by atoms with Crippen LogP contribution in [0.2, 0.25) is 10.0 Å². The third kappa shape index (κ3) is 6.25. The Morgan fingerprint density at radius 2 is 1.73 bits per heavy atom. The van der Waals surface area contributed by atoms with Gasteiger partial charge in [-0.3, -0.25) is 19.3 Å². The van der Waals surface area contributed by atoms with Gasteiger partial charge in [0.25, 0.3) is 5.91 Å². The van der Waals surface area contributed by atoms with Crippen LogP contribution in [0.1, 0.15) is 42.5 Å². The van der Waals surface area contributed by atoms with E-state index in [1.165, 1.54) is 0 Å². The second-order valence-corrected chi connectivity index (χ2v) is 9.26. The van der Waals surface area contributed by atoms with Crippen LogP contribution in [0.25, 0.3) is 0 Å². The highest BCUT2D eigenvalue weighted by atomic mass is 35.5. The molecule has 0 spiro atoms. The Hall–Kier alpha value is -2.61. The SMILES string of the molecule is O=C(CN1CCCCC1C(=O)Nc1ccc(Cl)c(Cl)c1)Nc1ccccc1C(=O)NC1CC1. The molecule has 1 saturated carbocycles. The number of halogens is 2. The van der Waals surface area contributed by atoms with Gasteiger partial charge in [0.05, 0.1) is 33.9 Å². The standard InChI is InChI=1S/C24H26Cl2N4O3/c25-18-11-10-16(13-19(18)26)28-24(33)21-7-3-4-12-30(21)14-22(31)29-20-6-2-1-5-17(20)23(32)27-15-8-9-15/h1-2,5-6,10-11,13,15,21H,3-4,7-9,12,14H2,(H,27,32)(H,28,33)(H,29,31). The summed E-state index contributed by atoms with van der Waals surface area (Å²) in [4.78, 5) is 40.2. The van der Waals surface area contributed by atoms with Crippen molar-refractivity contribution in [2.75, 3.05) is 23.7 Å². The molecule has 33 heavy (non-hydrogen) atoms. The molecule has 2 fully saturated rings. The van der Waals surface area contributed by atoms with E-state index in [4.69, 9.17) is 23.2 Å². The van der Waals surface area contributed by atoms with Crippen molar-refractivity contribution in [1.29, 1.82) is 0 Å². The largest absolute Gasteiger partial charge is 0.349 e. The van der Waals surface area contributed by atoms with Crippen LogP contribution in [0.3, 0.4) is 0 Å². The maximum atomic E-state index is 13.0. The van der Waals surface area contributed by atoms with Crippen molar-refractivity contribution >= 4 is 52.3 Å². The normalized spacial score (nSPS) is 18.4. The number of carbonyl (C=O) groups is 3. The predicted octanol–water partition coefficient (Wildman–Crippen LogP) is 4.32. The summed E-state index contributed by atoms with van der Waals surface area (Å²) in [6.07, 6.45) is 4.44. The number of piperidine rings is 1. The number of anilines is 2. The molecule has 4 rings (SSSR count). The number of likely N-dealkylation sites (tertiary alicyclic amines) is 1. The number of nitrogens with zero attached hydrogens (tertiary/aromatic N) is 1. The predicted molar refractivity (Wildman–Crippen MR) is 130 cm³/mol. The fraction of sp³-hybridized carbons (Fsp3) is 0.375. The highest BCUT2D eigenvalue weighted by Crippen LogP contribution is 2.26. The van der Waals surface area contributed by atoms with Gasteiger partial charge < -0.3 is 16.0 Å². The van der Waals surface area contributed by atoms with Gasteiger partial charge >= 0.3 is 0 Å². The lowest BCUT2D eigenvalue weighted by molar-refractivity contribution is -0.124. The molecule has 7 nitrogen and oxygen atoms in total. The topological polar surface area (TPSA) is 90.5 Å². The van der Waals surface area contributed by atoms with Gasteiger partial charge in [-0.1, -0.05) is 41.8 Å². The van der Waals surface area contributed by atoms with E-state index < -0.39 is 6.04 Å². The molecule has 0 bridgehead atoms. The Labute approximate surface area is 202 Å². The van der Waals surface area contributed by atoms with Crippen molar-refractivity contribution in [3.05, 3.63) is 58.1 Å². The zero-order valence-electron chi connectivity index (χ0n) is 18.1. The van der Waals surface area contributed by atoms with Crippen LogP contribution in [0.4, 0.5) is 11.4 Å². The lowest BCUT2D eigenvalue weighted by Gasteiger charge is -2.34. The lowest BCUT2D eigenvalue weighted by atomic mass is 10.0. The minimum atomic E-state index is -0.438. The Bertz CT molecular complexity index is 1060. The van der Waals surface area contributed by atoms with Gasteiger partial charge in [0, 0.05) is 11.7 Å². The van der Waals surface area contributed by atoms with Crippen molar-refractivity contribution in [3.8, 4) is 0 Å². The third-order valence-electron chi connectivity index (χ3n) is 5.81. The summed E-state index contributed by atoms with van der Waals surface area (Å²) in [6.45, 7) is 0.689. The fourth-order valence-electron chi connectivity index (χ4n) is 3.93. The van der Waals surface area contributed by atoms with Gasteiger partial charge in [-0.05, 0) is 62.6 Å². The summed E-state index contributed by atoms with van der Waals surface area (Å²) in [6, 6.07) is 11.7. The zero-order valence-corrected chi connectivity index (χ0v) is 19.6. The number of amides is 3. The minimum Gasteiger partial charge on any atom is -0.349 e. The van der Waals surface area contributed by atoms with Crippen LogP contribution >= 0.6 is 23.2 Å². The van der Waals surface area contributed by atoms with E-state index in [-0.39, 0.29) is 30.3 Å². The Morgan fingerprint density at radius 3 is 2.48 bits per heavy atom.